The van der Waals surface area contributed by atoms with Gasteiger partial charge in [0, 0.05) is 17.7 Å². The SMILES string of the molecule is C=CC(=O)Nc1ccc(C(=O)NC2CCCC23OCCO3)cc1. The van der Waals surface area contributed by atoms with E-state index in [-0.39, 0.29) is 17.9 Å². The van der Waals surface area contributed by atoms with E-state index in [0.29, 0.717) is 24.5 Å². The lowest BCUT2D eigenvalue weighted by Crippen LogP contribution is -2.49. The highest BCUT2D eigenvalue weighted by Crippen LogP contribution is 2.37. The summed E-state index contributed by atoms with van der Waals surface area (Å²) in [6.07, 6.45) is 3.82. The predicted molar refractivity (Wildman–Crippen MR) is 85.0 cm³/mol. The van der Waals surface area contributed by atoms with Crippen LogP contribution in [0.3, 0.4) is 0 Å². The molecule has 1 heterocycles. The maximum atomic E-state index is 12.4. The van der Waals surface area contributed by atoms with Crippen molar-refractivity contribution < 1.29 is 19.1 Å². The number of hydrogen-bond acceptors (Lipinski definition) is 4. The molecule has 1 aromatic rings. The van der Waals surface area contributed by atoms with Crippen LogP contribution in [0.5, 0.6) is 0 Å². The highest BCUT2D eigenvalue weighted by Gasteiger charge is 2.48. The minimum Gasteiger partial charge on any atom is -0.346 e. The van der Waals surface area contributed by atoms with Gasteiger partial charge in [-0.25, -0.2) is 0 Å². The predicted octanol–water partition coefficient (Wildman–Crippen LogP) is 1.84. The van der Waals surface area contributed by atoms with Gasteiger partial charge in [-0.2, -0.15) is 0 Å². The van der Waals surface area contributed by atoms with Gasteiger partial charge in [-0.3, -0.25) is 9.59 Å². The Balaban J connectivity index is 1.64. The molecule has 2 fully saturated rings. The number of anilines is 1. The van der Waals surface area contributed by atoms with Crippen LogP contribution in [0, 0.1) is 0 Å². The molecule has 3 rings (SSSR count). The van der Waals surface area contributed by atoms with Crippen molar-refractivity contribution >= 4 is 17.5 Å². The maximum Gasteiger partial charge on any atom is 0.251 e. The molecular weight excluding hydrogens is 296 g/mol. The van der Waals surface area contributed by atoms with E-state index < -0.39 is 5.79 Å². The Kier molecular flexibility index (Phi) is 4.45. The molecule has 2 N–H and O–H groups in total. The summed E-state index contributed by atoms with van der Waals surface area (Å²) in [5.41, 5.74) is 1.15. The van der Waals surface area contributed by atoms with Crippen molar-refractivity contribution in [3.63, 3.8) is 0 Å². The van der Waals surface area contributed by atoms with Crippen molar-refractivity contribution in [1.82, 2.24) is 5.32 Å². The monoisotopic (exact) mass is 316 g/mol. The van der Waals surface area contributed by atoms with Crippen LogP contribution in [-0.2, 0) is 14.3 Å². The topological polar surface area (TPSA) is 76.7 Å². The van der Waals surface area contributed by atoms with Crippen molar-refractivity contribution in [1.29, 1.82) is 0 Å². The molecular formula is C17H20N2O4. The summed E-state index contributed by atoms with van der Waals surface area (Å²) in [4.78, 5) is 23.6. The summed E-state index contributed by atoms with van der Waals surface area (Å²) in [6.45, 7) is 4.54. The van der Waals surface area contributed by atoms with Gasteiger partial charge in [-0.05, 0) is 43.2 Å². The molecule has 6 nitrogen and oxygen atoms in total. The van der Waals surface area contributed by atoms with Crippen molar-refractivity contribution in [2.75, 3.05) is 18.5 Å². The smallest absolute Gasteiger partial charge is 0.251 e. The second-order valence-electron chi connectivity index (χ2n) is 5.70. The van der Waals surface area contributed by atoms with Crippen LogP contribution in [-0.4, -0.2) is 36.9 Å². The molecule has 2 amide bonds. The third-order valence-corrected chi connectivity index (χ3v) is 4.23. The first-order valence-corrected chi connectivity index (χ1v) is 7.75. The summed E-state index contributed by atoms with van der Waals surface area (Å²) in [6, 6.07) is 6.59. The van der Waals surface area contributed by atoms with Gasteiger partial charge in [-0.15, -0.1) is 0 Å². The second kappa shape index (κ2) is 6.52. The molecule has 6 heteroatoms. The summed E-state index contributed by atoms with van der Waals surface area (Å²) >= 11 is 0. The summed E-state index contributed by atoms with van der Waals surface area (Å²) in [5, 5.41) is 5.65. The number of carbonyl (C=O) groups is 2. The first-order chi connectivity index (χ1) is 11.1. The van der Waals surface area contributed by atoms with Gasteiger partial charge in [0.2, 0.25) is 5.91 Å². The van der Waals surface area contributed by atoms with Crippen LogP contribution in [0.15, 0.2) is 36.9 Å². The Labute approximate surface area is 134 Å². The van der Waals surface area contributed by atoms with Crippen molar-refractivity contribution in [2.24, 2.45) is 0 Å². The Morgan fingerprint density at radius 1 is 1.22 bits per heavy atom. The fourth-order valence-electron chi connectivity index (χ4n) is 3.08. The highest BCUT2D eigenvalue weighted by molar-refractivity contribution is 5.99. The Hall–Kier alpha value is -2.18. The molecule has 0 bridgehead atoms. The van der Waals surface area contributed by atoms with Gasteiger partial charge in [-0.1, -0.05) is 6.58 Å². The number of ether oxygens (including phenoxy) is 2. The largest absolute Gasteiger partial charge is 0.346 e. The van der Waals surface area contributed by atoms with Crippen LogP contribution < -0.4 is 10.6 Å². The molecule has 1 aliphatic heterocycles. The zero-order valence-electron chi connectivity index (χ0n) is 12.8. The quantitative estimate of drug-likeness (QED) is 0.831. The fourth-order valence-corrected chi connectivity index (χ4v) is 3.08. The van der Waals surface area contributed by atoms with Crippen LogP contribution in [0.1, 0.15) is 29.6 Å². The van der Waals surface area contributed by atoms with E-state index in [0.717, 1.165) is 19.3 Å². The van der Waals surface area contributed by atoms with Gasteiger partial charge < -0.3 is 20.1 Å². The molecule has 1 aromatic carbocycles. The molecule has 0 radical (unpaired) electrons. The average Bonchev–Trinajstić information content (AvgIpc) is 3.19. The van der Waals surface area contributed by atoms with Crippen LogP contribution in [0.25, 0.3) is 0 Å². The van der Waals surface area contributed by atoms with Crippen molar-refractivity contribution in [3.05, 3.63) is 42.5 Å². The summed E-state index contributed by atoms with van der Waals surface area (Å²) < 4.78 is 11.5. The van der Waals surface area contributed by atoms with Crippen LogP contribution in [0.4, 0.5) is 5.69 Å². The average molecular weight is 316 g/mol. The van der Waals surface area contributed by atoms with Gasteiger partial charge in [0.1, 0.15) is 0 Å². The summed E-state index contributed by atoms with van der Waals surface area (Å²) in [5.74, 6) is -1.10. The normalized spacial score (nSPS) is 22.0. The Morgan fingerprint density at radius 3 is 2.57 bits per heavy atom. The van der Waals surface area contributed by atoms with E-state index in [9.17, 15) is 9.59 Å². The first kappa shape index (κ1) is 15.7. The van der Waals surface area contributed by atoms with Gasteiger partial charge >= 0.3 is 0 Å². The van der Waals surface area contributed by atoms with E-state index in [1.807, 2.05) is 0 Å². The van der Waals surface area contributed by atoms with Crippen molar-refractivity contribution in [2.45, 2.75) is 31.1 Å². The number of rotatable bonds is 4. The van der Waals surface area contributed by atoms with E-state index in [1.54, 1.807) is 24.3 Å². The molecule has 1 atom stereocenters. The summed E-state index contributed by atoms with van der Waals surface area (Å²) in [7, 11) is 0. The second-order valence-corrected chi connectivity index (χ2v) is 5.70. The molecule has 1 saturated carbocycles. The third kappa shape index (κ3) is 3.28. The Morgan fingerprint density at radius 2 is 1.91 bits per heavy atom. The van der Waals surface area contributed by atoms with Gasteiger partial charge in [0.15, 0.2) is 5.79 Å². The lowest BCUT2D eigenvalue weighted by atomic mass is 10.1. The highest BCUT2D eigenvalue weighted by atomic mass is 16.7. The zero-order chi connectivity index (χ0) is 16.3. The van der Waals surface area contributed by atoms with E-state index in [2.05, 4.69) is 17.2 Å². The standard InChI is InChI=1S/C17H20N2O4/c1-2-15(20)18-13-7-5-12(6-8-13)16(21)19-14-4-3-9-17(14)22-10-11-23-17/h2,5-8,14H,1,3-4,9-11H2,(H,18,20)(H,19,21). The number of benzene rings is 1. The lowest BCUT2D eigenvalue weighted by Gasteiger charge is -2.29. The molecule has 1 saturated heterocycles. The number of carbonyl (C=O) groups excluding carboxylic acids is 2. The van der Waals surface area contributed by atoms with E-state index in [4.69, 9.17) is 9.47 Å². The number of nitrogens with one attached hydrogen (secondary N) is 2. The molecule has 122 valence electrons. The molecule has 0 aromatic heterocycles. The number of hydrogen-bond donors (Lipinski definition) is 2. The maximum absolute atomic E-state index is 12.4. The van der Waals surface area contributed by atoms with Crippen LogP contribution >= 0.6 is 0 Å². The third-order valence-electron chi connectivity index (χ3n) is 4.23. The Bertz CT molecular complexity index is 600. The minimum absolute atomic E-state index is 0.127. The van der Waals surface area contributed by atoms with E-state index in [1.165, 1.54) is 6.08 Å². The molecule has 1 aliphatic carbocycles. The fraction of sp³-hybridized carbons (Fsp3) is 0.412. The van der Waals surface area contributed by atoms with Gasteiger partial charge in [0.05, 0.1) is 19.3 Å². The molecule has 23 heavy (non-hydrogen) atoms. The first-order valence-electron chi connectivity index (χ1n) is 7.75. The molecule has 2 aliphatic rings. The van der Waals surface area contributed by atoms with Crippen molar-refractivity contribution in [3.8, 4) is 0 Å². The van der Waals surface area contributed by atoms with Gasteiger partial charge in [0.25, 0.3) is 5.91 Å². The lowest BCUT2D eigenvalue weighted by molar-refractivity contribution is -0.164. The van der Waals surface area contributed by atoms with Crippen LogP contribution in [0.2, 0.25) is 0 Å². The molecule has 1 unspecified atom stereocenters. The molecule has 1 spiro atoms. The minimum atomic E-state index is -0.645. The van der Waals surface area contributed by atoms with E-state index >= 15 is 0 Å². The number of amides is 2. The zero-order valence-corrected chi connectivity index (χ0v) is 12.8.